The molecule has 0 spiro atoms. The number of rotatable bonds is 3. The minimum Gasteiger partial charge on any atom is -0.383 e. The van der Waals surface area contributed by atoms with Crippen LogP contribution in [0, 0.1) is 6.92 Å². The predicted octanol–water partition coefficient (Wildman–Crippen LogP) is 3.72. The molecule has 0 atom stereocenters. The van der Waals surface area contributed by atoms with Crippen molar-refractivity contribution in [2.75, 3.05) is 5.73 Å². The second-order valence-electron chi connectivity index (χ2n) is 5.50. The van der Waals surface area contributed by atoms with Gasteiger partial charge in [-0.3, -0.25) is 0 Å². The Bertz CT molecular complexity index is 669. The minimum atomic E-state index is -4.32. The molecule has 2 aromatic rings. The number of hydrogen-bond acceptors (Lipinski definition) is 2. The highest BCUT2D eigenvalue weighted by molar-refractivity contribution is 5.42. The fourth-order valence-corrected chi connectivity index (χ4v) is 2.76. The van der Waals surface area contributed by atoms with Gasteiger partial charge >= 0.3 is 6.18 Å². The van der Waals surface area contributed by atoms with E-state index in [9.17, 15) is 13.2 Å². The molecule has 1 saturated carbocycles. The number of nitrogens with two attached hydrogens (primary N) is 1. The maximum Gasteiger partial charge on any atom is 0.418 e. The van der Waals surface area contributed by atoms with Gasteiger partial charge in [-0.05, 0) is 37.3 Å². The molecular weight excluding hydrogens is 279 g/mol. The average Bonchev–Trinajstić information content (AvgIpc) is 3.16. The van der Waals surface area contributed by atoms with Crippen molar-refractivity contribution >= 4 is 5.82 Å². The smallest absolute Gasteiger partial charge is 0.383 e. The molecule has 1 aliphatic rings. The van der Waals surface area contributed by atoms with Gasteiger partial charge in [0.15, 0.2) is 0 Å². The molecular formula is C15H16F3N3. The lowest BCUT2D eigenvalue weighted by Gasteiger charge is -2.10. The molecule has 21 heavy (non-hydrogen) atoms. The molecule has 0 aliphatic heterocycles. The van der Waals surface area contributed by atoms with Gasteiger partial charge in [0.25, 0.3) is 0 Å². The molecule has 0 unspecified atom stereocenters. The van der Waals surface area contributed by atoms with Crippen LogP contribution in [0.4, 0.5) is 19.0 Å². The van der Waals surface area contributed by atoms with Gasteiger partial charge in [0.2, 0.25) is 0 Å². The molecule has 0 bridgehead atoms. The second kappa shape index (κ2) is 4.79. The summed E-state index contributed by atoms with van der Waals surface area (Å²) < 4.78 is 41.0. The van der Waals surface area contributed by atoms with Gasteiger partial charge < -0.3 is 10.3 Å². The standard InChI is InChI=1S/C15H16F3N3/c1-9-12(15(16,17)18)8-21(13(9)10-4-5-10)7-11-3-2-6-20-14(11)19/h2-3,6,8,10H,4-5,7H2,1H3,(H2,19,20). The van der Waals surface area contributed by atoms with Crippen LogP contribution < -0.4 is 5.73 Å². The first kappa shape index (κ1) is 14.0. The van der Waals surface area contributed by atoms with E-state index < -0.39 is 11.7 Å². The van der Waals surface area contributed by atoms with Crippen molar-refractivity contribution < 1.29 is 13.2 Å². The quantitative estimate of drug-likeness (QED) is 0.938. The number of anilines is 1. The van der Waals surface area contributed by atoms with Crippen LogP contribution in [0.2, 0.25) is 0 Å². The second-order valence-corrected chi connectivity index (χ2v) is 5.50. The van der Waals surface area contributed by atoms with Crippen LogP contribution >= 0.6 is 0 Å². The molecule has 0 aromatic carbocycles. The van der Waals surface area contributed by atoms with Gasteiger partial charge in [-0.25, -0.2) is 4.98 Å². The van der Waals surface area contributed by atoms with Gasteiger partial charge in [0.1, 0.15) is 5.82 Å². The van der Waals surface area contributed by atoms with Crippen LogP contribution in [0.3, 0.4) is 0 Å². The normalized spacial score (nSPS) is 15.4. The zero-order valence-electron chi connectivity index (χ0n) is 11.6. The van der Waals surface area contributed by atoms with Crippen molar-refractivity contribution in [3.63, 3.8) is 0 Å². The van der Waals surface area contributed by atoms with Gasteiger partial charge in [-0.15, -0.1) is 0 Å². The Balaban J connectivity index is 2.04. The van der Waals surface area contributed by atoms with Gasteiger partial charge in [0.05, 0.1) is 12.1 Å². The molecule has 3 rings (SSSR count). The number of nitrogen functional groups attached to an aromatic ring is 1. The number of pyridine rings is 1. The van der Waals surface area contributed by atoms with Crippen molar-refractivity contribution in [2.24, 2.45) is 0 Å². The van der Waals surface area contributed by atoms with E-state index in [1.54, 1.807) is 29.8 Å². The molecule has 112 valence electrons. The Morgan fingerprint density at radius 3 is 2.67 bits per heavy atom. The highest BCUT2D eigenvalue weighted by atomic mass is 19.4. The fraction of sp³-hybridized carbons (Fsp3) is 0.400. The molecule has 2 aromatic heterocycles. The third-order valence-electron chi connectivity index (χ3n) is 3.92. The Morgan fingerprint density at radius 1 is 1.38 bits per heavy atom. The summed E-state index contributed by atoms with van der Waals surface area (Å²) in [7, 11) is 0. The van der Waals surface area contributed by atoms with Crippen LogP contribution in [0.25, 0.3) is 0 Å². The first-order valence-electron chi connectivity index (χ1n) is 6.84. The van der Waals surface area contributed by atoms with Gasteiger partial charge in [0, 0.05) is 23.7 Å². The maximum absolute atomic E-state index is 13.1. The Kier molecular flexibility index (Phi) is 3.19. The average molecular weight is 295 g/mol. The Hall–Kier alpha value is -1.98. The first-order valence-corrected chi connectivity index (χ1v) is 6.84. The summed E-state index contributed by atoms with van der Waals surface area (Å²) in [5.41, 5.74) is 7.11. The van der Waals surface area contributed by atoms with E-state index in [0.29, 0.717) is 17.9 Å². The van der Waals surface area contributed by atoms with Crippen LogP contribution in [0.15, 0.2) is 24.5 Å². The van der Waals surface area contributed by atoms with Crippen LogP contribution in [-0.2, 0) is 12.7 Å². The van der Waals surface area contributed by atoms with Crippen molar-refractivity contribution in [3.05, 3.63) is 46.9 Å². The number of halogens is 3. The largest absolute Gasteiger partial charge is 0.418 e. The lowest BCUT2D eigenvalue weighted by atomic mass is 10.1. The van der Waals surface area contributed by atoms with Gasteiger partial charge in [-0.2, -0.15) is 13.2 Å². The lowest BCUT2D eigenvalue weighted by molar-refractivity contribution is -0.138. The maximum atomic E-state index is 13.1. The molecule has 0 radical (unpaired) electrons. The van der Waals surface area contributed by atoms with E-state index in [4.69, 9.17) is 5.73 Å². The fourth-order valence-electron chi connectivity index (χ4n) is 2.76. The van der Waals surface area contributed by atoms with Crippen molar-refractivity contribution in [1.82, 2.24) is 9.55 Å². The zero-order chi connectivity index (χ0) is 15.2. The summed E-state index contributed by atoms with van der Waals surface area (Å²) >= 11 is 0. The summed E-state index contributed by atoms with van der Waals surface area (Å²) in [4.78, 5) is 3.99. The topological polar surface area (TPSA) is 43.8 Å². The summed E-state index contributed by atoms with van der Waals surface area (Å²) in [5, 5.41) is 0. The third kappa shape index (κ3) is 2.62. The molecule has 3 nitrogen and oxygen atoms in total. The molecule has 0 saturated heterocycles. The highest BCUT2D eigenvalue weighted by Gasteiger charge is 2.38. The number of alkyl halides is 3. The molecule has 1 fully saturated rings. The van der Waals surface area contributed by atoms with Crippen LogP contribution in [-0.4, -0.2) is 9.55 Å². The molecule has 2 N–H and O–H groups in total. The summed E-state index contributed by atoms with van der Waals surface area (Å²) in [6, 6.07) is 3.53. The molecule has 2 heterocycles. The lowest BCUT2D eigenvalue weighted by Crippen LogP contribution is -2.06. The zero-order valence-corrected chi connectivity index (χ0v) is 11.6. The molecule has 6 heteroatoms. The Morgan fingerprint density at radius 2 is 2.10 bits per heavy atom. The van der Waals surface area contributed by atoms with Crippen LogP contribution in [0.1, 0.15) is 41.1 Å². The Labute approximate surface area is 120 Å². The van der Waals surface area contributed by atoms with Crippen molar-refractivity contribution in [3.8, 4) is 0 Å². The molecule has 0 amide bonds. The number of hydrogen-bond donors (Lipinski definition) is 1. The summed E-state index contributed by atoms with van der Waals surface area (Å²) in [6.45, 7) is 1.88. The van der Waals surface area contributed by atoms with Crippen LogP contribution in [0.5, 0.6) is 0 Å². The SMILES string of the molecule is Cc1c(C(F)(F)F)cn(Cc2cccnc2N)c1C1CC1. The minimum absolute atomic E-state index is 0.235. The monoisotopic (exact) mass is 295 g/mol. The number of nitrogens with zero attached hydrogens (tertiary/aromatic N) is 2. The van der Waals surface area contributed by atoms with E-state index in [1.165, 1.54) is 6.20 Å². The third-order valence-corrected chi connectivity index (χ3v) is 3.92. The molecule has 1 aliphatic carbocycles. The van der Waals surface area contributed by atoms with Crippen molar-refractivity contribution in [1.29, 1.82) is 0 Å². The number of aromatic nitrogens is 2. The van der Waals surface area contributed by atoms with E-state index >= 15 is 0 Å². The van der Waals surface area contributed by atoms with E-state index in [-0.39, 0.29) is 5.92 Å². The van der Waals surface area contributed by atoms with E-state index in [0.717, 1.165) is 24.1 Å². The highest BCUT2D eigenvalue weighted by Crippen LogP contribution is 2.45. The summed E-state index contributed by atoms with van der Waals surface area (Å²) in [6.07, 6.45) is 0.354. The van der Waals surface area contributed by atoms with Gasteiger partial charge in [-0.1, -0.05) is 6.07 Å². The van der Waals surface area contributed by atoms with Crippen molar-refractivity contribution in [2.45, 2.75) is 38.4 Å². The van der Waals surface area contributed by atoms with E-state index in [2.05, 4.69) is 4.98 Å². The van der Waals surface area contributed by atoms with E-state index in [1.807, 2.05) is 0 Å². The predicted molar refractivity (Wildman–Crippen MR) is 73.9 cm³/mol. The summed E-state index contributed by atoms with van der Waals surface area (Å²) in [5.74, 6) is 0.596. The first-order chi connectivity index (χ1) is 9.88.